The van der Waals surface area contributed by atoms with Gasteiger partial charge >= 0.3 is 0 Å². The molecule has 1 aromatic rings. The summed E-state index contributed by atoms with van der Waals surface area (Å²) in [6.07, 6.45) is 2.35. The molecular formula is C17H26N2O2. The molecule has 0 saturated carbocycles. The van der Waals surface area contributed by atoms with Gasteiger partial charge in [-0.1, -0.05) is 44.2 Å². The molecule has 1 rings (SSSR count). The number of rotatable bonds is 8. The minimum atomic E-state index is -0.133. The first-order chi connectivity index (χ1) is 9.97. The molecule has 0 aliphatic heterocycles. The second kappa shape index (κ2) is 9.16. The van der Waals surface area contributed by atoms with Crippen LogP contribution in [0.4, 0.5) is 0 Å². The Morgan fingerprint density at radius 2 is 1.67 bits per heavy atom. The third-order valence-electron chi connectivity index (χ3n) is 3.24. The van der Waals surface area contributed by atoms with Gasteiger partial charge in [0.1, 0.15) is 0 Å². The van der Waals surface area contributed by atoms with E-state index in [0.29, 0.717) is 12.3 Å². The van der Waals surface area contributed by atoms with Gasteiger partial charge in [0, 0.05) is 6.04 Å². The molecule has 0 radical (unpaired) electrons. The van der Waals surface area contributed by atoms with Gasteiger partial charge in [-0.15, -0.1) is 0 Å². The molecule has 0 aliphatic rings. The van der Waals surface area contributed by atoms with Crippen LogP contribution in [0.1, 0.15) is 39.2 Å². The number of carbonyl (C=O) groups is 2. The van der Waals surface area contributed by atoms with E-state index in [1.165, 1.54) is 0 Å². The monoisotopic (exact) mass is 290 g/mol. The maximum absolute atomic E-state index is 11.7. The highest BCUT2D eigenvalue weighted by Crippen LogP contribution is 2.06. The van der Waals surface area contributed by atoms with Gasteiger partial charge in [-0.25, -0.2) is 0 Å². The van der Waals surface area contributed by atoms with Crippen LogP contribution in [0, 0.1) is 5.92 Å². The van der Waals surface area contributed by atoms with Crippen LogP contribution in [0.3, 0.4) is 0 Å². The summed E-state index contributed by atoms with van der Waals surface area (Å²) in [6.45, 7) is 6.36. The first-order valence-corrected chi connectivity index (χ1v) is 7.57. The minimum absolute atomic E-state index is 0.0394. The third kappa shape index (κ3) is 8.12. The van der Waals surface area contributed by atoms with Crippen molar-refractivity contribution in [1.29, 1.82) is 0 Å². The van der Waals surface area contributed by atoms with Crippen molar-refractivity contribution in [3.8, 4) is 0 Å². The molecule has 0 spiro atoms. The summed E-state index contributed by atoms with van der Waals surface area (Å²) in [5, 5.41) is 5.55. The predicted molar refractivity (Wildman–Crippen MR) is 84.8 cm³/mol. The van der Waals surface area contributed by atoms with Crippen LogP contribution in [-0.2, 0) is 16.0 Å². The van der Waals surface area contributed by atoms with Crippen LogP contribution in [0.2, 0.25) is 0 Å². The lowest BCUT2D eigenvalue weighted by Crippen LogP contribution is -2.41. The van der Waals surface area contributed by atoms with Crippen molar-refractivity contribution in [1.82, 2.24) is 10.6 Å². The van der Waals surface area contributed by atoms with E-state index in [1.54, 1.807) is 0 Å². The maximum Gasteiger partial charge on any atom is 0.239 e. The van der Waals surface area contributed by atoms with E-state index >= 15 is 0 Å². The average molecular weight is 290 g/mol. The van der Waals surface area contributed by atoms with Gasteiger partial charge < -0.3 is 10.6 Å². The highest BCUT2D eigenvalue weighted by molar-refractivity contribution is 5.85. The summed E-state index contributed by atoms with van der Waals surface area (Å²) < 4.78 is 0. The topological polar surface area (TPSA) is 58.2 Å². The smallest absolute Gasteiger partial charge is 0.239 e. The van der Waals surface area contributed by atoms with Gasteiger partial charge in [0.25, 0.3) is 0 Å². The Kier molecular flexibility index (Phi) is 7.51. The fourth-order valence-corrected chi connectivity index (χ4v) is 2.00. The fraction of sp³-hybridized carbons (Fsp3) is 0.529. The second-order valence-electron chi connectivity index (χ2n) is 5.88. The van der Waals surface area contributed by atoms with E-state index in [1.807, 2.05) is 37.3 Å². The molecule has 4 heteroatoms. The molecular weight excluding hydrogens is 264 g/mol. The molecule has 0 fully saturated rings. The van der Waals surface area contributed by atoms with E-state index in [-0.39, 0.29) is 24.4 Å². The molecule has 1 aromatic carbocycles. The number of benzene rings is 1. The zero-order valence-corrected chi connectivity index (χ0v) is 13.2. The Labute approximate surface area is 127 Å². The summed E-state index contributed by atoms with van der Waals surface area (Å²) in [7, 11) is 0. The Morgan fingerprint density at radius 1 is 1.00 bits per heavy atom. The standard InChI is InChI=1S/C17H26N2O2/c1-13(2)9-10-14(3)19-17(21)12-18-16(20)11-15-7-5-4-6-8-15/h4-8,13-14H,9-12H2,1-3H3,(H,18,20)(H,19,21). The highest BCUT2D eigenvalue weighted by atomic mass is 16.2. The molecule has 116 valence electrons. The van der Waals surface area contributed by atoms with Crippen LogP contribution in [-0.4, -0.2) is 24.4 Å². The molecule has 0 heterocycles. The fourth-order valence-electron chi connectivity index (χ4n) is 2.00. The summed E-state index contributed by atoms with van der Waals surface area (Å²) >= 11 is 0. The van der Waals surface area contributed by atoms with Crippen molar-refractivity contribution in [3.05, 3.63) is 35.9 Å². The molecule has 0 bridgehead atoms. The maximum atomic E-state index is 11.7. The Hall–Kier alpha value is -1.84. The van der Waals surface area contributed by atoms with E-state index in [2.05, 4.69) is 24.5 Å². The zero-order valence-electron chi connectivity index (χ0n) is 13.2. The van der Waals surface area contributed by atoms with Gasteiger partial charge in [-0.2, -0.15) is 0 Å². The average Bonchev–Trinajstić information content (AvgIpc) is 2.44. The molecule has 2 amide bonds. The number of carbonyl (C=O) groups excluding carboxylic acids is 2. The van der Waals surface area contributed by atoms with Crippen molar-refractivity contribution in [2.24, 2.45) is 5.92 Å². The molecule has 2 N–H and O–H groups in total. The summed E-state index contributed by atoms with van der Waals surface area (Å²) in [5.74, 6) is 0.369. The van der Waals surface area contributed by atoms with E-state index < -0.39 is 0 Å². The quantitative estimate of drug-likeness (QED) is 0.771. The SMILES string of the molecule is CC(C)CCC(C)NC(=O)CNC(=O)Cc1ccccc1. The van der Waals surface area contributed by atoms with Crippen molar-refractivity contribution >= 4 is 11.8 Å². The van der Waals surface area contributed by atoms with Gasteiger partial charge in [-0.3, -0.25) is 9.59 Å². The molecule has 1 atom stereocenters. The molecule has 4 nitrogen and oxygen atoms in total. The van der Waals surface area contributed by atoms with Crippen molar-refractivity contribution in [2.75, 3.05) is 6.54 Å². The van der Waals surface area contributed by atoms with E-state index in [9.17, 15) is 9.59 Å². The lowest BCUT2D eigenvalue weighted by Gasteiger charge is -2.15. The van der Waals surface area contributed by atoms with Crippen molar-refractivity contribution < 1.29 is 9.59 Å². The Bertz CT molecular complexity index is 443. The largest absolute Gasteiger partial charge is 0.352 e. The van der Waals surface area contributed by atoms with E-state index in [4.69, 9.17) is 0 Å². The third-order valence-corrected chi connectivity index (χ3v) is 3.24. The lowest BCUT2D eigenvalue weighted by atomic mass is 10.0. The van der Waals surface area contributed by atoms with Crippen LogP contribution in [0.15, 0.2) is 30.3 Å². The Balaban J connectivity index is 2.21. The predicted octanol–water partition coefficient (Wildman–Crippen LogP) is 2.29. The van der Waals surface area contributed by atoms with Crippen LogP contribution < -0.4 is 10.6 Å². The molecule has 0 aliphatic carbocycles. The van der Waals surface area contributed by atoms with Crippen molar-refractivity contribution in [3.63, 3.8) is 0 Å². The summed E-state index contributed by atoms with van der Waals surface area (Å²) in [5.41, 5.74) is 0.945. The number of hydrogen-bond donors (Lipinski definition) is 2. The lowest BCUT2D eigenvalue weighted by molar-refractivity contribution is -0.126. The van der Waals surface area contributed by atoms with Crippen molar-refractivity contribution in [2.45, 2.75) is 46.1 Å². The second-order valence-corrected chi connectivity index (χ2v) is 5.88. The Morgan fingerprint density at radius 3 is 2.29 bits per heavy atom. The molecule has 0 saturated heterocycles. The van der Waals surface area contributed by atoms with Crippen LogP contribution >= 0.6 is 0 Å². The first kappa shape index (κ1) is 17.2. The van der Waals surface area contributed by atoms with Crippen LogP contribution in [0.25, 0.3) is 0 Å². The van der Waals surface area contributed by atoms with E-state index in [0.717, 1.165) is 18.4 Å². The number of amides is 2. The zero-order chi connectivity index (χ0) is 15.7. The summed E-state index contributed by atoms with van der Waals surface area (Å²) in [4.78, 5) is 23.5. The van der Waals surface area contributed by atoms with Gasteiger partial charge in [-0.05, 0) is 31.2 Å². The highest BCUT2D eigenvalue weighted by Gasteiger charge is 2.10. The van der Waals surface area contributed by atoms with Gasteiger partial charge in [0.2, 0.25) is 11.8 Å². The van der Waals surface area contributed by atoms with Gasteiger partial charge in [0.05, 0.1) is 13.0 Å². The molecule has 21 heavy (non-hydrogen) atoms. The first-order valence-electron chi connectivity index (χ1n) is 7.57. The molecule has 1 unspecified atom stereocenters. The summed E-state index contributed by atoms with van der Waals surface area (Å²) in [6, 6.07) is 9.64. The number of hydrogen-bond acceptors (Lipinski definition) is 2. The van der Waals surface area contributed by atoms with Gasteiger partial charge in [0.15, 0.2) is 0 Å². The molecule has 0 aromatic heterocycles. The normalized spacial score (nSPS) is 12.0. The minimum Gasteiger partial charge on any atom is -0.352 e. The number of nitrogens with one attached hydrogen (secondary N) is 2. The van der Waals surface area contributed by atoms with Crippen LogP contribution in [0.5, 0.6) is 0 Å².